The number of thioether (sulfide) groups is 1. The van der Waals surface area contributed by atoms with Gasteiger partial charge in [0.05, 0.1) is 11.8 Å². The normalized spacial score (nSPS) is 18.2. The molecule has 6 nitrogen and oxygen atoms in total. The number of carbonyl (C=O) groups excluding carboxylic acids is 3. The second-order valence-electron chi connectivity index (χ2n) is 5.82. The minimum atomic E-state index is -0.201. The SMILES string of the molecule is O=C(c1ccc(-n2cccc2)cc1)N1CC(N2C(=O)CSC2=O)C1. The topological polar surface area (TPSA) is 62.6 Å². The molecule has 0 saturated carbocycles. The molecule has 0 N–H and O–H groups in total. The second kappa shape index (κ2) is 5.83. The Balaban J connectivity index is 1.41. The molecule has 0 atom stereocenters. The summed E-state index contributed by atoms with van der Waals surface area (Å²) >= 11 is 1.03. The van der Waals surface area contributed by atoms with Crippen LogP contribution in [0.3, 0.4) is 0 Å². The molecule has 122 valence electrons. The molecule has 2 aliphatic heterocycles. The summed E-state index contributed by atoms with van der Waals surface area (Å²) in [6.07, 6.45) is 3.89. The van der Waals surface area contributed by atoms with Gasteiger partial charge in [0.15, 0.2) is 0 Å². The monoisotopic (exact) mass is 341 g/mol. The molecule has 24 heavy (non-hydrogen) atoms. The van der Waals surface area contributed by atoms with Gasteiger partial charge in [0.2, 0.25) is 5.91 Å². The van der Waals surface area contributed by atoms with Crippen molar-refractivity contribution in [1.29, 1.82) is 0 Å². The number of amides is 3. The first-order valence-electron chi connectivity index (χ1n) is 7.65. The first kappa shape index (κ1) is 15.0. The van der Waals surface area contributed by atoms with Crippen LogP contribution in [0.25, 0.3) is 5.69 Å². The summed E-state index contributed by atoms with van der Waals surface area (Å²) in [4.78, 5) is 38.8. The van der Waals surface area contributed by atoms with E-state index in [1.54, 1.807) is 17.0 Å². The van der Waals surface area contributed by atoms with Crippen molar-refractivity contribution < 1.29 is 14.4 Å². The van der Waals surface area contributed by atoms with E-state index in [2.05, 4.69) is 0 Å². The summed E-state index contributed by atoms with van der Waals surface area (Å²) in [5.74, 6) is -0.0142. The van der Waals surface area contributed by atoms with E-state index in [-0.39, 0.29) is 28.8 Å². The van der Waals surface area contributed by atoms with E-state index < -0.39 is 0 Å². The molecular formula is C17H15N3O3S. The molecule has 7 heteroatoms. The van der Waals surface area contributed by atoms with E-state index in [0.717, 1.165) is 17.4 Å². The number of carbonyl (C=O) groups is 3. The van der Waals surface area contributed by atoms with E-state index in [0.29, 0.717) is 18.7 Å². The smallest absolute Gasteiger partial charge is 0.289 e. The fourth-order valence-electron chi connectivity index (χ4n) is 2.97. The average molecular weight is 341 g/mol. The third-order valence-corrected chi connectivity index (χ3v) is 5.15. The van der Waals surface area contributed by atoms with Crippen LogP contribution >= 0.6 is 11.8 Å². The Morgan fingerprint density at radius 2 is 1.71 bits per heavy atom. The quantitative estimate of drug-likeness (QED) is 0.857. The summed E-state index contributed by atoms with van der Waals surface area (Å²) in [5, 5.41) is -0.201. The van der Waals surface area contributed by atoms with Gasteiger partial charge >= 0.3 is 0 Å². The minimum Gasteiger partial charge on any atom is -0.334 e. The molecule has 3 heterocycles. The van der Waals surface area contributed by atoms with Gasteiger partial charge in [-0.1, -0.05) is 11.8 Å². The van der Waals surface area contributed by atoms with Crippen molar-refractivity contribution in [2.45, 2.75) is 6.04 Å². The van der Waals surface area contributed by atoms with Crippen molar-refractivity contribution in [3.8, 4) is 5.69 Å². The van der Waals surface area contributed by atoms with Gasteiger partial charge in [-0.25, -0.2) is 0 Å². The van der Waals surface area contributed by atoms with Gasteiger partial charge < -0.3 is 9.47 Å². The van der Waals surface area contributed by atoms with E-state index in [9.17, 15) is 14.4 Å². The van der Waals surface area contributed by atoms with Crippen molar-refractivity contribution in [1.82, 2.24) is 14.4 Å². The highest BCUT2D eigenvalue weighted by Gasteiger charge is 2.43. The molecule has 0 spiro atoms. The average Bonchev–Trinajstić information content (AvgIpc) is 3.19. The van der Waals surface area contributed by atoms with Gasteiger partial charge in [-0.3, -0.25) is 19.3 Å². The highest BCUT2D eigenvalue weighted by atomic mass is 32.2. The zero-order valence-corrected chi connectivity index (χ0v) is 13.6. The molecular weight excluding hydrogens is 326 g/mol. The Morgan fingerprint density at radius 3 is 2.29 bits per heavy atom. The number of nitrogens with zero attached hydrogens (tertiary/aromatic N) is 3. The van der Waals surface area contributed by atoms with Crippen LogP contribution in [0.4, 0.5) is 4.79 Å². The van der Waals surface area contributed by atoms with Gasteiger partial charge in [-0.15, -0.1) is 0 Å². The minimum absolute atomic E-state index is 0.0722. The van der Waals surface area contributed by atoms with Gasteiger partial charge in [0.25, 0.3) is 11.1 Å². The Morgan fingerprint density at radius 1 is 1.04 bits per heavy atom. The summed E-state index contributed by atoms with van der Waals surface area (Å²) in [6.45, 7) is 0.826. The van der Waals surface area contributed by atoms with Crippen LogP contribution in [0.15, 0.2) is 48.8 Å². The fourth-order valence-corrected chi connectivity index (χ4v) is 3.74. The lowest BCUT2D eigenvalue weighted by molar-refractivity contribution is -0.128. The molecule has 2 aliphatic rings. The highest BCUT2D eigenvalue weighted by Crippen LogP contribution is 2.27. The molecule has 1 aromatic carbocycles. The van der Waals surface area contributed by atoms with Crippen molar-refractivity contribution in [2.75, 3.05) is 18.8 Å². The largest absolute Gasteiger partial charge is 0.334 e. The predicted molar refractivity (Wildman–Crippen MR) is 90.2 cm³/mol. The fraction of sp³-hybridized carbons (Fsp3) is 0.235. The van der Waals surface area contributed by atoms with E-state index in [1.165, 1.54) is 4.90 Å². The van der Waals surface area contributed by atoms with Gasteiger partial charge in [0, 0.05) is 36.7 Å². The summed E-state index contributed by atoms with van der Waals surface area (Å²) in [6, 6.07) is 11.1. The van der Waals surface area contributed by atoms with Crippen LogP contribution in [0.2, 0.25) is 0 Å². The molecule has 1 aromatic heterocycles. The van der Waals surface area contributed by atoms with E-state index in [1.807, 2.05) is 41.2 Å². The summed E-state index contributed by atoms with van der Waals surface area (Å²) in [7, 11) is 0. The van der Waals surface area contributed by atoms with Crippen LogP contribution in [-0.2, 0) is 4.79 Å². The first-order valence-corrected chi connectivity index (χ1v) is 8.63. The molecule has 0 bridgehead atoms. The zero-order valence-electron chi connectivity index (χ0n) is 12.8. The van der Waals surface area contributed by atoms with Crippen LogP contribution in [0.5, 0.6) is 0 Å². The Bertz CT molecular complexity index is 779. The maximum atomic E-state index is 12.5. The van der Waals surface area contributed by atoms with Crippen LogP contribution in [0, 0.1) is 0 Å². The van der Waals surface area contributed by atoms with E-state index >= 15 is 0 Å². The number of aromatic nitrogens is 1. The van der Waals surface area contributed by atoms with Crippen LogP contribution in [0.1, 0.15) is 10.4 Å². The number of rotatable bonds is 3. The molecule has 2 saturated heterocycles. The number of benzene rings is 1. The number of likely N-dealkylation sites (tertiary alicyclic amines) is 1. The number of hydrogen-bond acceptors (Lipinski definition) is 4. The van der Waals surface area contributed by atoms with Crippen molar-refractivity contribution >= 4 is 28.8 Å². The predicted octanol–water partition coefficient (Wildman–Crippen LogP) is 2.00. The number of hydrogen-bond donors (Lipinski definition) is 0. The van der Waals surface area contributed by atoms with Gasteiger partial charge in [0.1, 0.15) is 0 Å². The molecule has 0 radical (unpaired) electrons. The third-order valence-electron chi connectivity index (χ3n) is 4.32. The maximum Gasteiger partial charge on any atom is 0.289 e. The molecule has 0 unspecified atom stereocenters. The molecule has 3 amide bonds. The Labute approximate surface area is 143 Å². The number of imide groups is 1. The molecule has 4 rings (SSSR count). The Kier molecular flexibility index (Phi) is 3.65. The standard InChI is InChI=1S/C17H15N3O3S/c21-15-11-24-17(23)20(15)14-9-19(10-14)16(22)12-3-5-13(6-4-12)18-7-1-2-8-18/h1-8,14H,9-11H2. The lowest BCUT2D eigenvalue weighted by atomic mass is 10.0. The zero-order chi connectivity index (χ0) is 16.7. The van der Waals surface area contributed by atoms with Crippen molar-refractivity contribution in [3.63, 3.8) is 0 Å². The first-order chi connectivity index (χ1) is 11.6. The van der Waals surface area contributed by atoms with Crippen molar-refractivity contribution in [3.05, 3.63) is 54.4 Å². The van der Waals surface area contributed by atoms with Gasteiger partial charge in [-0.2, -0.15) is 0 Å². The molecule has 2 aromatic rings. The van der Waals surface area contributed by atoms with E-state index in [4.69, 9.17) is 0 Å². The Hall–Kier alpha value is -2.54. The summed E-state index contributed by atoms with van der Waals surface area (Å²) < 4.78 is 1.97. The molecule has 0 aliphatic carbocycles. The molecule has 2 fully saturated rings. The summed E-state index contributed by atoms with van der Waals surface area (Å²) in [5.41, 5.74) is 1.60. The van der Waals surface area contributed by atoms with Crippen molar-refractivity contribution in [2.24, 2.45) is 0 Å². The third kappa shape index (κ3) is 2.50. The maximum absolute atomic E-state index is 12.5. The van der Waals surface area contributed by atoms with Gasteiger partial charge in [-0.05, 0) is 36.4 Å². The second-order valence-corrected chi connectivity index (χ2v) is 6.75. The van der Waals surface area contributed by atoms with Crippen LogP contribution in [-0.4, -0.2) is 56.3 Å². The lowest BCUT2D eigenvalue weighted by Crippen LogP contribution is -2.62. The lowest BCUT2D eigenvalue weighted by Gasteiger charge is -2.42. The highest BCUT2D eigenvalue weighted by molar-refractivity contribution is 8.14. The van der Waals surface area contributed by atoms with Crippen LogP contribution < -0.4 is 0 Å².